The van der Waals surface area contributed by atoms with Crippen molar-refractivity contribution in [3.05, 3.63) is 35.9 Å². The third kappa shape index (κ3) is 4.23. The van der Waals surface area contributed by atoms with E-state index < -0.39 is 0 Å². The van der Waals surface area contributed by atoms with Gasteiger partial charge in [-0.25, -0.2) is 0 Å². The second-order valence-corrected chi connectivity index (χ2v) is 2.31. The maximum absolute atomic E-state index is 8.53. The van der Waals surface area contributed by atoms with Gasteiger partial charge in [0.05, 0.1) is 0 Å². The molecule has 0 aliphatic rings. The van der Waals surface area contributed by atoms with Gasteiger partial charge in [-0.05, 0) is 18.4 Å². The molecule has 0 aliphatic heterocycles. The average molecular weight is 214 g/mol. The Kier molecular flexibility index (Phi) is 6.30. The number of benzene rings is 1. The summed E-state index contributed by atoms with van der Waals surface area (Å²) in [4.78, 5) is 0. The van der Waals surface area contributed by atoms with E-state index in [1.807, 2.05) is 18.2 Å². The molecule has 1 N–H and O–H groups in total. The molecule has 0 saturated heterocycles. The molecule has 1 nitrogen and oxygen atoms in total. The van der Waals surface area contributed by atoms with Crippen LogP contribution in [0.25, 0.3) is 0 Å². The van der Waals surface area contributed by atoms with Gasteiger partial charge in [-0.3, -0.25) is 0 Å². The quantitative estimate of drug-likeness (QED) is 0.723. The van der Waals surface area contributed by atoms with E-state index in [4.69, 9.17) is 5.11 Å². The van der Waals surface area contributed by atoms with Crippen molar-refractivity contribution in [2.24, 2.45) is 0 Å². The van der Waals surface area contributed by atoms with Crippen LogP contribution in [-0.4, -0.2) is 29.7 Å². The Hall–Kier alpha value is -0.262. The zero-order chi connectivity index (χ0) is 7.23. The number of aliphatic hydroxyl groups is 1. The molecule has 0 aliphatic carbocycles. The van der Waals surface area contributed by atoms with Crippen LogP contribution in [-0.2, 0) is 6.42 Å². The van der Waals surface area contributed by atoms with Crippen molar-refractivity contribution < 1.29 is 5.11 Å². The van der Waals surface area contributed by atoms with Crippen LogP contribution in [0.5, 0.6) is 0 Å². The molecule has 1 atom stereocenters. The van der Waals surface area contributed by atoms with E-state index in [1.165, 1.54) is 5.56 Å². The van der Waals surface area contributed by atoms with Gasteiger partial charge in [0.2, 0.25) is 0 Å². The fourth-order valence-corrected chi connectivity index (χ4v) is 0.928. The molecule has 11 heavy (non-hydrogen) atoms. The Morgan fingerprint density at radius 3 is 2.27 bits per heavy atom. The predicted molar refractivity (Wildman–Crippen MR) is 51.8 cm³/mol. The van der Waals surface area contributed by atoms with Crippen LogP contribution >= 0.6 is 0 Å². The number of hydrogen-bond donors (Lipinski definition) is 1. The monoisotopic (exact) mass is 214 g/mol. The average Bonchev–Trinajstić information content (AvgIpc) is 2.03. The molecule has 0 amide bonds. The van der Waals surface area contributed by atoms with Crippen LogP contribution in [0, 0.1) is 0 Å². The molecular formula is C9H15AsO. The van der Waals surface area contributed by atoms with Gasteiger partial charge in [0.25, 0.3) is 0 Å². The molecule has 62 valence electrons. The van der Waals surface area contributed by atoms with Crippen LogP contribution in [0.15, 0.2) is 30.3 Å². The summed E-state index contributed by atoms with van der Waals surface area (Å²) in [7, 11) is 0. The number of aryl methyl sites for hydroxylation is 1. The summed E-state index contributed by atoms with van der Waals surface area (Å²) in [5, 5.41) is 8.53. The molecule has 1 rings (SSSR count). The Bertz CT molecular complexity index is 174. The first-order valence-corrected chi connectivity index (χ1v) is 3.58. The predicted octanol–water partition coefficient (Wildman–Crippen LogP) is 0.428. The first-order valence-electron chi connectivity index (χ1n) is 3.58. The minimum absolute atomic E-state index is 0. The van der Waals surface area contributed by atoms with Crippen molar-refractivity contribution >= 4 is 18.0 Å². The van der Waals surface area contributed by atoms with E-state index in [0.717, 1.165) is 12.8 Å². The first kappa shape index (κ1) is 10.7. The summed E-state index contributed by atoms with van der Waals surface area (Å²) in [5.74, 6) is 0. The van der Waals surface area contributed by atoms with Crippen molar-refractivity contribution in [3.63, 3.8) is 0 Å². The molecule has 0 aromatic heterocycles. The normalized spacial score (nSPS) is 8.82. The van der Waals surface area contributed by atoms with E-state index in [1.54, 1.807) is 0 Å². The van der Waals surface area contributed by atoms with Crippen molar-refractivity contribution in [2.45, 2.75) is 12.8 Å². The molecule has 1 unspecified atom stereocenters. The van der Waals surface area contributed by atoms with Crippen molar-refractivity contribution in [3.8, 4) is 0 Å². The molecule has 0 radical (unpaired) electrons. The van der Waals surface area contributed by atoms with E-state index >= 15 is 0 Å². The van der Waals surface area contributed by atoms with Crippen LogP contribution in [0.1, 0.15) is 12.0 Å². The van der Waals surface area contributed by atoms with Gasteiger partial charge >= 0.3 is 18.0 Å². The molecule has 0 heterocycles. The zero-order valence-electron chi connectivity index (χ0n) is 6.66. The Morgan fingerprint density at radius 2 is 1.73 bits per heavy atom. The molecule has 0 saturated carbocycles. The van der Waals surface area contributed by atoms with E-state index in [2.05, 4.69) is 12.1 Å². The third-order valence-corrected chi connectivity index (χ3v) is 1.47. The molecule has 0 spiro atoms. The Labute approximate surface area is 78.8 Å². The van der Waals surface area contributed by atoms with Gasteiger partial charge in [-0.1, -0.05) is 30.3 Å². The minimum atomic E-state index is 0. The fraction of sp³-hybridized carbons (Fsp3) is 0.333. The Balaban J connectivity index is 0.000001000. The Morgan fingerprint density at radius 1 is 1.09 bits per heavy atom. The maximum atomic E-state index is 8.53. The van der Waals surface area contributed by atoms with Crippen molar-refractivity contribution in [1.82, 2.24) is 0 Å². The first-order chi connectivity index (χ1) is 4.93. The van der Waals surface area contributed by atoms with Gasteiger partial charge in [0.1, 0.15) is 0 Å². The number of hydrogen-bond acceptors (Lipinski definition) is 1. The van der Waals surface area contributed by atoms with Crippen LogP contribution in [0.3, 0.4) is 0 Å². The summed E-state index contributed by atoms with van der Waals surface area (Å²) in [6, 6.07) is 10.2. The SMILES string of the molecule is OCCCc1ccccc1.[AsH3]. The summed E-state index contributed by atoms with van der Waals surface area (Å²) in [6.45, 7) is 0.287. The third-order valence-electron chi connectivity index (χ3n) is 1.47. The second-order valence-electron chi connectivity index (χ2n) is 2.31. The van der Waals surface area contributed by atoms with Crippen molar-refractivity contribution in [1.29, 1.82) is 0 Å². The number of rotatable bonds is 3. The summed E-state index contributed by atoms with van der Waals surface area (Å²) in [6.07, 6.45) is 1.85. The van der Waals surface area contributed by atoms with Gasteiger partial charge < -0.3 is 5.11 Å². The summed E-state index contributed by atoms with van der Waals surface area (Å²) >= 11 is 0. The van der Waals surface area contributed by atoms with Crippen LogP contribution < -0.4 is 0 Å². The van der Waals surface area contributed by atoms with Crippen LogP contribution in [0.4, 0.5) is 0 Å². The molecule has 0 bridgehead atoms. The van der Waals surface area contributed by atoms with Gasteiger partial charge in [0, 0.05) is 6.61 Å². The molecule has 0 fully saturated rings. The number of aliphatic hydroxyl groups excluding tert-OH is 1. The standard InChI is InChI=1S/C9H12O.AsH3/c10-8-4-7-9-5-2-1-3-6-9;/h1-3,5-6,10H,4,7-8H2;1H3. The zero-order valence-corrected chi connectivity index (χ0v) is 9.63. The van der Waals surface area contributed by atoms with E-state index in [9.17, 15) is 0 Å². The molecule has 1 aromatic carbocycles. The van der Waals surface area contributed by atoms with Crippen molar-refractivity contribution in [2.75, 3.05) is 6.61 Å². The topological polar surface area (TPSA) is 20.2 Å². The second kappa shape index (κ2) is 6.45. The summed E-state index contributed by atoms with van der Waals surface area (Å²) in [5.41, 5.74) is 1.30. The van der Waals surface area contributed by atoms with Gasteiger partial charge in [-0.2, -0.15) is 0 Å². The molecule has 1 aromatic rings. The van der Waals surface area contributed by atoms with Crippen LogP contribution in [0.2, 0.25) is 0 Å². The van der Waals surface area contributed by atoms with E-state index in [-0.39, 0.29) is 24.6 Å². The van der Waals surface area contributed by atoms with Gasteiger partial charge in [-0.15, -0.1) is 0 Å². The summed E-state index contributed by atoms with van der Waals surface area (Å²) < 4.78 is 0. The van der Waals surface area contributed by atoms with E-state index in [0.29, 0.717) is 0 Å². The van der Waals surface area contributed by atoms with Gasteiger partial charge in [0.15, 0.2) is 0 Å². The molecular weight excluding hydrogens is 199 g/mol. The molecule has 2 heteroatoms. The fourth-order valence-electron chi connectivity index (χ4n) is 0.928.